The van der Waals surface area contributed by atoms with E-state index in [1.807, 2.05) is 13.8 Å². The quantitative estimate of drug-likeness (QED) is 0.705. The first-order valence-corrected chi connectivity index (χ1v) is 10.4. The Morgan fingerprint density at radius 3 is 1.88 bits per heavy atom. The van der Waals surface area contributed by atoms with Crippen LogP contribution in [0.3, 0.4) is 0 Å². The van der Waals surface area contributed by atoms with Crippen LogP contribution in [0.4, 0.5) is 0 Å². The fourth-order valence-corrected chi connectivity index (χ4v) is 3.26. The van der Waals surface area contributed by atoms with Crippen LogP contribution in [0.2, 0.25) is 19.6 Å². The van der Waals surface area contributed by atoms with Gasteiger partial charge in [-0.1, -0.05) is 40.4 Å². The molecular formula is C14H32O2Si. The molecule has 0 saturated heterocycles. The number of aliphatic hydroxyl groups is 1. The monoisotopic (exact) mass is 260 g/mol. The van der Waals surface area contributed by atoms with Crippen molar-refractivity contribution in [2.75, 3.05) is 6.61 Å². The number of ether oxygens (including phenoxy) is 1. The number of rotatable bonds is 7. The Kier molecular flexibility index (Phi) is 5.90. The van der Waals surface area contributed by atoms with E-state index in [0.717, 1.165) is 12.8 Å². The average Bonchev–Trinajstić information content (AvgIpc) is 2.23. The summed E-state index contributed by atoms with van der Waals surface area (Å²) in [7, 11) is -1.35. The molecule has 104 valence electrons. The molecule has 2 nitrogen and oxygen atoms in total. The van der Waals surface area contributed by atoms with Gasteiger partial charge in [0.05, 0.1) is 25.5 Å². The van der Waals surface area contributed by atoms with Gasteiger partial charge >= 0.3 is 0 Å². The molecular weight excluding hydrogens is 228 g/mol. The van der Waals surface area contributed by atoms with Gasteiger partial charge in [-0.2, -0.15) is 0 Å². The molecule has 0 aliphatic heterocycles. The van der Waals surface area contributed by atoms with Crippen LogP contribution >= 0.6 is 0 Å². The minimum Gasteiger partial charge on any atom is -0.390 e. The molecule has 0 radical (unpaired) electrons. The molecule has 0 aromatic rings. The highest BCUT2D eigenvalue weighted by atomic mass is 28.3. The molecule has 0 saturated carbocycles. The SMILES string of the molecule is CCC(C)(O)C(C)COC(C)(CC)[Si](C)(C)C. The summed E-state index contributed by atoms with van der Waals surface area (Å²) in [5.74, 6) is 0.176. The highest BCUT2D eigenvalue weighted by Gasteiger charge is 2.39. The van der Waals surface area contributed by atoms with Crippen LogP contribution in [0.1, 0.15) is 47.5 Å². The molecule has 0 aliphatic carbocycles. The smallest absolute Gasteiger partial charge is 0.0820 e. The molecule has 0 bridgehead atoms. The molecule has 3 heteroatoms. The second kappa shape index (κ2) is 5.85. The van der Waals surface area contributed by atoms with Crippen LogP contribution in [-0.4, -0.2) is 30.6 Å². The number of hydrogen-bond donors (Lipinski definition) is 1. The molecule has 0 aromatic heterocycles. The lowest BCUT2D eigenvalue weighted by atomic mass is 9.89. The van der Waals surface area contributed by atoms with Crippen molar-refractivity contribution in [2.24, 2.45) is 5.92 Å². The molecule has 0 fully saturated rings. The molecule has 0 rings (SSSR count). The molecule has 0 aliphatic rings. The van der Waals surface area contributed by atoms with E-state index < -0.39 is 13.7 Å². The van der Waals surface area contributed by atoms with Crippen LogP contribution in [0.15, 0.2) is 0 Å². The summed E-state index contributed by atoms with van der Waals surface area (Å²) in [5, 5.41) is 10.2. The lowest BCUT2D eigenvalue weighted by Crippen LogP contribution is -2.52. The molecule has 17 heavy (non-hydrogen) atoms. The fourth-order valence-electron chi connectivity index (χ4n) is 1.69. The van der Waals surface area contributed by atoms with Gasteiger partial charge in [-0.25, -0.2) is 0 Å². The van der Waals surface area contributed by atoms with Crippen molar-refractivity contribution in [1.29, 1.82) is 0 Å². The third kappa shape index (κ3) is 4.38. The van der Waals surface area contributed by atoms with Crippen molar-refractivity contribution >= 4 is 8.07 Å². The van der Waals surface area contributed by atoms with Gasteiger partial charge in [-0.05, 0) is 26.7 Å². The first-order valence-electron chi connectivity index (χ1n) is 6.86. The summed E-state index contributed by atoms with van der Waals surface area (Å²) in [4.78, 5) is 0. The van der Waals surface area contributed by atoms with Crippen molar-refractivity contribution in [3.05, 3.63) is 0 Å². The lowest BCUT2D eigenvalue weighted by Gasteiger charge is -2.42. The largest absolute Gasteiger partial charge is 0.390 e. The third-order valence-corrected chi connectivity index (χ3v) is 8.36. The first-order chi connectivity index (χ1) is 7.50. The first kappa shape index (κ1) is 17.1. The van der Waals surface area contributed by atoms with E-state index in [9.17, 15) is 5.11 Å². The molecule has 0 aromatic carbocycles. The fraction of sp³-hybridized carbons (Fsp3) is 1.00. The summed E-state index contributed by atoms with van der Waals surface area (Å²) in [6.45, 7) is 18.1. The van der Waals surface area contributed by atoms with E-state index in [4.69, 9.17) is 4.74 Å². The Bertz CT molecular complexity index is 233. The van der Waals surface area contributed by atoms with Crippen LogP contribution in [0.25, 0.3) is 0 Å². The molecule has 0 heterocycles. The second-order valence-corrected chi connectivity index (χ2v) is 12.3. The standard InChI is InChI=1S/C14H32O2Si/c1-9-13(4,15)12(3)11-16-14(5,10-2)17(6,7)8/h12,15H,9-11H2,1-8H3. The van der Waals surface area contributed by atoms with E-state index in [2.05, 4.69) is 40.4 Å². The summed E-state index contributed by atoms with van der Waals surface area (Å²) in [6.07, 6.45) is 1.82. The maximum absolute atomic E-state index is 10.2. The van der Waals surface area contributed by atoms with Gasteiger partial charge in [0.1, 0.15) is 0 Å². The van der Waals surface area contributed by atoms with E-state index in [0.29, 0.717) is 6.61 Å². The summed E-state index contributed by atoms with van der Waals surface area (Å²) in [6, 6.07) is 0. The highest BCUT2D eigenvalue weighted by molar-refractivity contribution is 6.78. The van der Waals surface area contributed by atoms with Crippen molar-refractivity contribution in [2.45, 2.75) is 77.9 Å². The van der Waals surface area contributed by atoms with Crippen LogP contribution in [0, 0.1) is 5.92 Å². The zero-order chi connectivity index (χ0) is 13.9. The van der Waals surface area contributed by atoms with E-state index >= 15 is 0 Å². The van der Waals surface area contributed by atoms with Crippen molar-refractivity contribution in [1.82, 2.24) is 0 Å². The predicted molar refractivity (Wildman–Crippen MR) is 78.1 cm³/mol. The Labute approximate surface area is 109 Å². The zero-order valence-corrected chi connectivity index (χ0v) is 14.1. The van der Waals surface area contributed by atoms with Gasteiger partial charge in [-0.15, -0.1) is 0 Å². The van der Waals surface area contributed by atoms with Crippen molar-refractivity contribution in [3.63, 3.8) is 0 Å². The Hall–Kier alpha value is 0.137. The Morgan fingerprint density at radius 1 is 1.12 bits per heavy atom. The van der Waals surface area contributed by atoms with Gasteiger partial charge in [0, 0.05) is 5.92 Å². The molecule has 3 unspecified atom stereocenters. The summed E-state index contributed by atoms with van der Waals surface area (Å²) >= 11 is 0. The summed E-state index contributed by atoms with van der Waals surface area (Å²) in [5.41, 5.74) is -0.617. The van der Waals surface area contributed by atoms with E-state index in [1.54, 1.807) is 0 Å². The minimum atomic E-state index is -1.35. The highest BCUT2D eigenvalue weighted by Crippen LogP contribution is 2.30. The summed E-state index contributed by atoms with van der Waals surface area (Å²) < 4.78 is 6.19. The average molecular weight is 260 g/mol. The van der Waals surface area contributed by atoms with Gasteiger partial charge in [-0.3, -0.25) is 0 Å². The second-order valence-electron chi connectivity index (χ2n) is 6.76. The Balaban J connectivity index is 4.55. The predicted octanol–water partition coefficient (Wildman–Crippen LogP) is 3.85. The maximum Gasteiger partial charge on any atom is 0.0820 e. The zero-order valence-electron chi connectivity index (χ0n) is 13.1. The van der Waals surface area contributed by atoms with Gasteiger partial charge in [0.15, 0.2) is 0 Å². The molecule has 3 atom stereocenters. The minimum absolute atomic E-state index is 0.00504. The number of hydrogen-bond acceptors (Lipinski definition) is 2. The maximum atomic E-state index is 10.2. The van der Waals surface area contributed by atoms with Crippen LogP contribution < -0.4 is 0 Å². The van der Waals surface area contributed by atoms with E-state index in [1.165, 1.54) is 0 Å². The van der Waals surface area contributed by atoms with Crippen LogP contribution in [-0.2, 0) is 4.74 Å². The van der Waals surface area contributed by atoms with E-state index in [-0.39, 0.29) is 11.1 Å². The normalized spacial score (nSPS) is 21.7. The van der Waals surface area contributed by atoms with Gasteiger partial charge in [0.2, 0.25) is 0 Å². The molecule has 0 spiro atoms. The molecule has 1 N–H and O–H groups in total. The van der Waals surface area contributed by atoms with Crippen molar-refractivity contribution in [3.8, 4) is 0 Å². The van der Waals surface area contributed by atoms with Crippen molar-refractivity contribution < 1.29 is 9.84 Å². The van der Waals surface area contributed by atoms with Crippen LogP contribution in [0.5, 0.6) is 0 Å². The molecule has 0 amide bonds. The topological polar surface area (TPSA) is 29.5 Å². The lowest BCUT2D eigenvalue weighted by molar-refractivity contribution is -0.0675. The Morgan fingerprint density at radius 2 is 1.59 bits per heavy atom. The van der Waals surface area contributed by atoms with Gasteiger partial charge < -0.3 is 9.84 Å². The third-order valence-electron chi connectivity index (χ3n) is 4.69. The van der Waals surface area contributed by atoms with Gasteiger partial charge in [0.25, 0.3) is 0 Å².